The normalized spacial score (nSPS) is 11.7. The van der Waals surface area contributed by atoms with E-state index in [2.05, 4.69) is 19.2 Å². The quantitative estimate of drug-likeness (QED) is 0.523. The summed E-state index contributed by atoms with van der Waals surface area (Å²) in [6.07, 6.45) is 5.00. The molecule has 0 saturated heterocycles. The lowest BCUT2D eigenvalue weighted by Gasteiger charge is -2.15. The SMILES string of the molecule is CCCCCOc1ccc(NC(=O)C(C)Oc2ccc(CCC)cc2)cc1. The lowest BCUT2D eigenvalue weighted by molar-refractivity contribution is -0.122. The van der Waals surface area contributed by atoms with Gasteiger partial charge in [-0.1, -0.05) is 45.2 Å². The fourth-order valence-electron chi connectivity index (χ4n) is 2.70. The predicted molar refractivity (Wildman–Crippen MR) is 111 cm³/mol. The van der Waals surface area contributed by atoms with Gasteiger partial charge < -0.3 is 14.8 Å². The maximum Gasteiger partial charge on any atom is 0.265 e. The molecule has 0 aliphatic rings. The van der Waals surface area contributed by atoms with Crippen LogP contribution in [0.2, 0.25) is 0 Å². The zero-order valence-electron chi connectivity index (χ0n) is 16.7. The van der Waals surface area contributed by atoms with Crippen molar-refractivity contribution in [3.63, 3.8) is 0 Å². The average Bonchev–Trinajstić information content (AvgIpc) is 2.68. The standard InChI is InChI=1S/C23H31NO3/c1-4-6-7-17-26-21-15-11-20(12-16-21)24-23(25)18(3)27-22-13-9-19(8-5-2)10-14-22/h9-16,18H,4-8,17H2,1-3H3,(H,24,25). The summed E-state index contributed by atoms with van der Waals surface area (Å²) >= 11 is 0. The Hall–Kier alpha value is -2.49. The monoisotopic (exact) mass is 369 g/mol. The number of carbonyl (C=O) groups is 1. The second-order valence-corrected chi connectivity index (χ2v) is 6.72. The first kappa shape index (κ1) is 20.8. The molecule has 2 aromatic carbocycles. The van der Waals surface area contributed by atoms with Crippen LogP contribution in [0.1, 0.15) is 52.0 Å². The molecule has 0 spiro atoms. The van der Waals surface area contributed by atoms with Crippen LogP contribution in [0.15, 0.2) is 48.5 Å². The van der Waals surface area contributed by atoms with E-state index in [0.717, 1.165) is 37.3 Å². The molecule has 146 valence electrons. The van der Waals surface area contributed by atoms with Gasteiger partial charge in [-0.3, -0.25) is 4.79 Å². The van der Waals surface area contributed by atoms with Gasteiger partial charge in [0.05, 0.1) is 6.61 Å². The van der Waals surface area contributed by atoms with E-state index in [-0.39, 0.29) is 5.91 Å². The Morgan fingerprint density at radius 1 is 0.926 bits per heavy atom. The maximum atomic E-state index is 12.3. The van der Waals surface area contributed by atoms with Gasteiger partial charge in [-0.25, -0.2) is 0 Å². The highest BCUT2D eigenvalue weighted by molar-refractivity contribution is 5.94. The van der Waals surface area contributed by atoms with E-state index < -0.39 is 6.10 Å². The largest absolute Gasteiger partial charge is 0.494 e. The van der Waals surface area contributed by atoms with Gasteiger partial charge in [-0.05, 0) is 61.7 Å². The van der Waals surface area contributed by atoms with E-state index in [4.69, 9.17) is 9.47 Å². The van der Waals surface area contributed by atoms with E-state index in [1.54, 1.807) is 6.92 Å². The molecule has 0 fully saturated rings. The minimum absolute atomic E-state index is 0.177. The van der Waals surface area contributed by atoms with Crippen LogP contribution in [0.5, 0.6) is 11.5 Å². The van der Waals surface area contributed by atoms with Gasteiger partial charge in [0.15, 0.2) is 6.10 Å². The Bertz CT molecular complexity index is 680. The van der Waals surface area contributed by atoms with Crippen molar-refractivity contribution in [1.82, 2.24) is 0 Å². The molecule has 2 rings (SSSR count). The molecule has 27 heavy (non-hydrogen) atoms. The smallest absolute Gasteiger partial charge is 0.265 e. The van der Waals surface area contributed by atoms with Crippen LogP contribution >= 0.6 is 0 Å². The number of benzene rings is 2. The molecule has 4 nitrogen and oxygen atoms in total. The Balaban J connectivity index is 1.81. The molecular weight excluding hydrogens is 338 g/mol. The number of anilines is 1. The van der Waals surface area contributed by atoms with E-state index in [1.807, 2.05) is 48.5 Å². The van der Waals surface area contributed by atoms with Gasteiger partial charge in [-0.15, -0.1) is 0 Å². The number of rotatable bonds is 11. The van der Waals surface area contributed by atoms with Crippen LogP contribution in [-0.2, 0) is 11.2 Å². The first-order valence-electron chi connectivity index (χ1n) is 9.91. The fraction of sp³-hybridized carbons (Fsp3) is 0.435. The molecule has 0 aromatic heterocycles. The Labute approximate surface area is 162 Å². The van der Waals surface area contributed by atoms with E-state index in [0.29, 0.717) is 5.75 Å². The molecule has 1 atom stereocenters. The summed E-state index contributed by atoms with van der Waals surface area (Å²) in [6.45, 7) is 6.80. The number of aryl methyl sites for hydroxylation is 1. The van der Waals surface area contributed by atoms with E-state index in [9.17, 15) is 4.79 Å². The molecule has 1 amide bonds. The van der Waals surface area contributed by atoms with Crippen LogP contribution < -0.4 is 14.8 Å². The Kier molecular flexibility index (Phi) is 8.69. The number of amides is 1. The number of hydrogen-bond acceptors (Lipinski definition) is 3. The van der Waals surface area contributed by atoms with Crippen LogP contribution in [-0.4, -0.2) is 18.6 Å². The topological polar surface area (TPSA) is 47.6 Å². The third-order valence-corrected chi connectivity index (χ3v) is 4.28. The Morgan fingerprint density at radius 2 is 1.59 bits per heavy atom. The first-order chi connectivity index (χ1) is 13.1. The van der Waals surface area contributed by atoms with Crippen molar-refractivity contribution in [2.45, 2.75) is 59.0 Å². The van der Waals surface area contributed by atoms with Gasteiger partial charge in [-0.2, -0.15) is 0 Å². The number of ether oxygens (including phenoxy) is 2. The number of carbonyl (C=O) groups excluding carboxylic acids is 1. The van der Waals surface area contributed by atoms with Crippen molar-refractivity contribution in [2.75, 3.05) is 11.9 Å². The molecule has 0 radical (unpaired) electrons. The van der Waals surface area contributed by atoms with Crippen LogP contribution in [0.25, 0.3) is 0 Å². The van der Waals surface area contributed by atoms with Gasteiger partial charge in [0.2, 0.25) is 0 Å². The predicted octanol–water partition coefficient (Wildman–Crippen LogP) is 5.61. The maximum absolute atomic E-state index is 12.3. The molecule has 0 aliphatic heterocycles. The summed E-state index contributed by atoms with van der Waals surface area (Å²) in [5.41, 5.74) is 2.01. The summed E-state index contributed by atoms with van der Waals surface area (Å²) in [4.78, 5) is 12.3. The van der Waals surface area contributed by atoms with Crippen LogP contribution in [0.3, 0.4) is 0 Å². The van der Waals surface area contributed by atoms with E-state index >= 15 is 0 Å². The number of unbranched alkanes of at least 4 members (excludes halogenated alkanes) is 2. The molecule has 1 unspecified atom stereocenters. The highest BCUT2D eigenvalue weighted by Gasteiger charge is 2.15. The zero-order valence-corrected chi connectivity index (χ0v) is 16.7. The minimum Gasteiger partial charge on any atom is -0.494 e. The summed E-state index contributed by atoms with van der Waals surface area (Å²) in [5.74, 6) is 1.35. The van der Waals surface area contributed by atoms with Crippen molar-refractivity contribution >= 4 is 11.6 Å². The summed E-state index contributed by atoms with van der Waals surface area (Å²) < 4.78 is 11.4. The van der Waals surface area contributed by atoms with Crippen molar-refractivity contribution in [3.8, 4) is 11.5 Å². The second kappa shape index (κ2) is 11.3. The zero-order chi connectivity index (χ0) is 19.5. The van der Waals surface area contributed by atoms with Crippen molar-refractivity contribution in [3.05, 3.63) is 54.1 Å². The molecule has 2 aromatic rings. The van der Waals surface area contributed by atoms with Crippen LogP contribution in [0, 0.1) is 0 Å². The number of nitrogens with one attached hydrogen (secondary N) is 1. The highest BCUT2D eigenvalue weighted by atomic mass is 16.5. The average molecular weight is 370 g/mol. The fourth-order valence-corrected chi connectivity index (χ4v) is 2.70. The lowest BCUT2D eigenvalue weighted by atomic mass is 10.1. The summed E-state index contributed by atoms with van der Waals surface area (Å²) in [5, 5.41) is 2.88. The highest BCUT2D eigenvalue weighted by Crippen LogP contribution is 2.18. The molecular formula is C23H31NO3. The third-order valence-electron chi connectivity index (χ3n) is 4.28. The molecule has 0 bridgehead atoms. The lowest BCUT2D eigenvalue weighted by Crippen LogP contribution is -2.30. The number of hydrogen-bond donors (Lipinski definition) is 1. The minimum atomic E-state index is -0.577. The summed E-state index contributed by atoms with van der Waals surface area (Å²) in [7, 11) is 0. The van der Waals surface area contributed by atoms with E-state index in [1.165, 1.54) is 18.4 Å². The Morgan fingerprint density at radius 3 is 2.22 bits per heavy atom. The first-order valence-corrected chi connectivity index (χ1v) is 9.91. The molecule has 1 N–H and O–H groups in total. The second-order valence-electron chi connectivity index (χ2n) is 6.72. The van der Waals surface area contributed by atoms with Gasteiger partial charge in [0.1, 0.15) is 11.5 Å². The molecule has 4 heteroatoms. The molecule has 0 heterocycles. The van der Waals surface area contributed by atoms with Crippen molar-refractivity contribution in [1.29, 1.82) is 0 Å². The molecule has 0 aliphatic carbocycles. The van der Waals surface area contributed by atoms with Gasteiger partial charge >= 0.3 is 0 Å². The van der Waals surface area contributed by atoms with Crippen molar-refractivity contribution in [2.24, 2.45) is 0 Å². The van der Waals surface area contributed by atoms with Gasteiger partial charge in [0.25, 0.3) is 5.91 Å². The van der Waals surface area contributed by atoms with Crippen molar-refractivity contribution < 1.29 is 14.3 Å². The van der Waals surface area contributed by atoms with Gasteiger partial charge in [0, 0.05) is 5.69 Å². The third kappa shape index (κ3) is 7.33. The van der Waals surface area contributed by atoms with Crippen LogP contribution in [0.4, 0.5) is 5.69 Å². The summed E-state index contributed by atoms with van der Waals surface area (Å²) in [6, 6.07) is 15.4. The molecule has 0 saturated carbocycles.